The lowest BCUT2D eigenvalue weighted by atomic mass is 9.92. The van der Waals surface area contributed by atoms with Crippen molar-refractivity contribution in [1.29, 1.82) is 0 Å². The Morgan fingerprint density at radius 3 is 2.17 bits per heavy atom. The lowest BCUT2D eigenvalue weighted by molar-refractivity contribution is -0.633. The summed E-state index contributed by atoms with van der Waals surface area (Å²) >= 11 is 0. The molecule has 0 fully saturated rings. The van der Waals surface area contributed by atoms with Crippen molar-refractivity contribution >= 4 is 33.0 Å². The summed E-state index contributed by atoms with van der Waals surface area (Å²) in [7, 11) is 2.15. The fourth-order valence-electron chi connectivity index (χ4n) is 6.36. The third-order valence-corrected chi connectivity index (χ3v) is 8.29. The van der Waals surface area contributed by atoms with E-state index >= 15 is 0 Å². The molecule has 200 valence electrons. The number of pyridine rings is 1. The maximum atomic E-state index is 6.75. The van der Waals surface area contributed by atoms with E-state index < -0.39 is 0 Å². The number of fused-ring (bicyclic) bond motifs is 4. The van der Waals surface area contributed by atoms with Crippen LogP contribution in [0.4, 0.5) is 0 Å². The van der Waals surface area contributed by atoms with Crippen LogP contribution in [0.1, 0.15) is 5.56 Å². The molecular formula is C38H28N3O+. The molecule has 5 aromatic carbocycles. The van der Waals surface area contributed by atoms with Gasteiger partial charge >= 0.3 is 0 Å². The van der Waals surface area contributed by atoms with Gasteiger partial charge in [0.05, 0.1) is 18.2 Å². The maximum Gasteiger partial charge on any atom is 0.295 e. The van der Waals surface area contributed by atoms with Gasteiger partial charge in [-0.3, -0.25) is 4.98 Å². The number of aryl methyl sites for hydroxylation is 2. The molecule has 3 aromatic heterocycles. The van der Waals surface area contributed by atoms with E-state index in [-0.39, 0.29) is 0 Å². The SMILES string of the molecule is Cc1cnccc1-c1n(-c2c(-c3ccccc3)cc3c(oc4ccccc43)c2-c2ccccc2)c2ccccc2[n+]1C. The molecule has 42 heavy (non-hydrogen) atoms. The Kier molecular flexibility index (Phi) is 5.54. The van der Waals surface area contributed by atoms with Crippen LogP contribution in [-0.2, 0) is 7.05 Å². The largest absolute Gasteiger partial charge is 0.455 e. The molecule has 4 nitrogen and oxygen atoms in total. The zero-order valence-corrected chi connectivity index (χ0v) is 23.5. The van der Waals surface area contributed by atoms with E-state index in [0.29, 0.717) is 0 Å². The fraction of sp³-hybridized carbons (Fsp3) is 0.0526. The zero-order valence-electron chi connectivity index (χ0n) is 23.5. The highest BCUT2D eigenvalue weighted by molar-refractivity contribution is 6.14. The normalized spacial score (nSPS) is 11.6. The number of aromatic nitrogens is 3. The number of benzene rings is 5. The van der Waals surface area contributed by atoms with Crippen LogP contribution in [0.5, 0.6) is 0 Å². The van der Waals surface area contributed by atoms with Gasteiger partial charge in [0.1, 0.15) is 11.2 Å². The number of rotatable bonds is 4. The van der Waals surface area contributed by atoms with Crippen LogP contribution in [0, 0.1) is 6.92 Å². The van der Waals surface area contributed by atoms with E-state index in [1.54, 1.807) is 0 Å². The summed E-state index contributed by atoms with van der Waals surface area (Å²) in [6, 6.07) is 42.7. The third kappa shape index (κ3) is 3.62. The topological polar surface area (TPSA) is 34.8 Å². The van der Waals surface area contributed by atoms with Gasteiger partial charge in [-0.25, -0.2) is 4.57 Å². The molecule has 3 heterocycles. The van der Waals surface area contributed by atoms with Crippen molar-refractivity contribution in [2.24, 2.45) is 7.05 Å². The highest BCUT2D eigenvalue weighted by Crippen LogP contribution is 2.46. The molecule has 0 unspecified atom stereocenters. The van der Waals surface area contributed by atoms with Gasteiger partial charge in [-0.15, -0.1) is 0 Å². The molecular weight excluding hydrogens is 514 g/mol. The van der Waals surface area contributed by atoms with Crippen molar-refractivity contribution in [3.05, 3.63) is 139 Å². The number of nitrogens with zero attached hydrogens (tertiary/aromatic N) is 3. The molecule has 0 radical (unpaired) electrons. The van der Waals surface area contributed by atoms with E-state index in [1.165, 1.54) is 0 Å². The second-order valence-corrected chi connectivity index (χ2v) is 10.8. The minimum atomic E-state index is 0.883. The Hall–Kier alpha value is -5.48. The second-order valence-electron chi connectivity index (χ2n) is 10.8. The monoisotopic (exact) mass is 542 g/mol. The highest BCUT2D eigenvalue weighted by atomic mass is 16.3. The third-order valence-electron chi connectivity index (χ3n) is 8.29. The van der Waals surface area contributed by atoms with Crippen LogP contribution in [-0.4, -0.2) is 9.55 Å². The van der Waals surface area contributed by atoms with E-state index in [1.807, 2.05) is 18.5 Å². The number of imidazole rings is 1. The molecule has 0 aliphatic heterocycles. The van der Waals surface area contributed by atoms with Crippen molar-refractivity contribution in [3.8, 4) is 39.3 Å². The number of hydrogen-bond acceptors (Lipinski definition) is 2. The lowest BCUT2D eigenvalue weighted by Gasteiger charge is -2.16. The summed E-state index contributed by atoms with van der Waals surface area (Å²) in [5.41, 5.74) is 11.8. The van der Waals surface area contributed by atoms with Crippen molar-refractivity contribution in [3.63, 3.8) is 0 Å². The molecule has 0 aliphatic carbocycles. The molecule has 0 atom stereocenters. The van der Waals surface area contributed by atoms with E-state index in [2.05, 4.69) is 143 Å². The average molecular weight is 543 g/mol. The van der Waals surface area contributed by atoms with Gasteiger partial charge in [0, 0.05) is 28.7 Å². The Bertz CT molecular complexity index is 2260. The number of hydrogen-bond donors (Lipinski definition) is 0. The van der Waals surface area contributed by atoms with Crippen LogP contribution in [0.15, 0.2) is 138 Å². The van der Waals surface area contributed by atoms with E-state index in [4.69, 9.17) is 4.42 Å². The van der Waals surface area contributed by atoms with Crippen molar-refractivity contribution < 1.29 is 8.98 Å². The molecule has 0 bridgehead atoms. The predicted molar refractivity (Wildman–Crippen MR) is 171 cm³/mol. The van der Waals surface area contributed by atoms with Crippen LogP contribution in [0.25, 0.3) is 72.3 Å². The fourth-order valence-corrected chi connectivity index (χ4v) is 6.36. The Morgan fingerprint density at radius 2 is 1.38 bits per heavy atom. The van der Waals surface area contributed by atoms with Gasteiger partial charge in [0.15, 0.2) is 16.7 Å². The quantitative estimate of drug-likeness (QED) is 0.208. The first kappa shape index (κ1) is 24.3. The molecule has 0 saturated heterocycles. The van der Waals surface area contributed by atoms with Crippen molar-refractivity contribution in [2.45, 2.75) is 6.92 Å². The summed E-state index contributed by atoms with van der Waals surface area (Å²) in [5.74, 6) is 1.08. The minimum absolute atomic E-state index is 0.883. The second kappa shape index (κ2) is 9.57. The first-order valence-corrected chi connectivity index (χ1v) is 14.2. The number of para-hydroxylation sites is 3. The maximum absolute atomic E-state index is 6.75. The smallest absolute Gasteiger partial charge is 0.295 e. The molecule has 4 heteroatoms. The zero-order chi connectivity index (χ0) is 28.2. The summed E-state index contributed by atoms with van der Waals surface area (Å²) in [4.78, 5) is 4.42. The first-order chi connectivity index (χ1) is 20.7. The van der Waals surface area contributed by atoms with Crippen molar-refractivity contribution in [2.75, 3.05) is 0 Å². The summed E-state index contributed by atoms with van der Waals surface area (Å²) in [6.45, 7) is 2.13. The number of furan rings is 1. The van der Waals surface area contributed by atoms with Crippen LogP contribution in [0.2, 0.25) is 0 Å². The van der Waals surface area contributed by atoms with Gasteiger partial charge in [-0.2, -0.15) is 4.57 Å². The summed E-state index contributed by atoms with van der Waals surface area (Å²) in [5, 5.41) is 2.22. The molecule has 0 spiro atoms. The van der Waals surface area contributed by atoms with Gasteiger partial charge in [0.25, 0.3) is 5.82 Å². The van der Waals surface area contributed by atoms with E-state index in [0.717, 1.165) is 77.9 Å². The Labute approximate surface area is 243 Å². The van der Waals surface area contributed by atoms with Gasteiger partial charge in [0.2, 0.25) is 0 Å². The summed E-state index contributed by atoms with van der Waals surface area (Å²) < 4.78 is 11.5. The lowest BCUT2D eigenvalue weighted by Crippen LogP contribution is -2.30. The van der Waals surface area contributed by atoms with Crippen molar-refractivity contribution in [1.82, 2.24) is 9.55 Å². The van der Waals surface area contributed by atoms with Crippen LogP contribution < -0.4 is 4.57 Å². The molecule has 0 saturated carbocycles. The van der Waals surface area contributed by atoms with E-state index in [9.17, 15) is 0 Å². The molecule has 8 aromatic rings. The van der Waals surface area contributed by atoms with Gasteiger partial charge < -0.3 is 4.42 Å². The summed E-state index contributed by atoms with van der Waals surface area (Å²) in [6.07, 6.45) is 3.82. The molecule has 0 N–H and O–H groups in total. The van der Waals surface area contributed by atoms with Crippen LogP contribution in [0.3, 0.4) is 0 Å². The first-order valence-electron chi connectivity index (χ1n) is 14.2. The Morgan fingerprint density at radius 1 is 0.690 bits per heavy atom. The van der Waals surface area contributed by atoms with Crippen LogP contribution >= 0.6 is 0 Å². The average Bonchev–Trinajstić information content (AvgIpc) is 3.56. The minimum Gasteiger partial charge on any atom is -0.455 e. The van der Waals surface area contributed by atoms with Gasteiger partial charge in [-0.1, -0.05) is 91.0 Å². The standard InChI is InChI=1S/C38H28N3O/c1-25-24-39-22-21-28(25)38-40(2)32-18-10-11-19-33(32)41(38)36-30(26-13-5-3-6-14-26)23-31-29-17-9-12-20-34(29)42-37(31)35(36)27-15-7-4-8-16-27/h3-24H,1-2H3/q+1. The molecule has 8 rings (SSSR count). The molecule has 0 amide bonds. The van der Waals surface area contributed by atoms with Gasteiger partial charge in [-0.05, 0) is 53.9 Å². The molecule has 0 aliphatic rings. The Balaban J connectivity index is 1.65. The predicted octanol–water partition coefficient (Wildman–Crippen LogP) is 9.06. The highest BCUT2D eigenvalue weighted by Gasteiger charge is 2.33.